The first kappa shape index (κ1) is 24.2. The number of hydrogen-bond donors (Lipinski definition) is 0. The Balaban J connectivity index is 1.20. The lowest BCUT2D eigenvalue weighted by atomic mass is 9.90. The zero-order valence-electron chi connectivity index (χ0n) is 20.0. The van der Waals surface area contributed by atoms with Crippen LogP contribution in [0, 0.1) is 29.4 Å². The molecule has 0 spiro atoms. The van der Waals surface area contributed by atoms with Gasteiger partial charge in [0.25, 0.3) is 0 Å². The quantitative estimate of drug-likeness (QED) is 0.552. The zero-order chi connectivity index (χ0) is 24.2. The molecule has 0 N–H and O–H groups in total. The summed E-state index contributed by atoms with van der Waals surface area (Å²) in [4.78, 5) is 24.1. The number of hydrogen-bond acceptors (Lipinski definition) is 6. The van der Waals surface area contributed by atoms with Crippen LogP contribution in [0.2, 0.25) is 0 Å². The number of nitrogens with zero attached hydrogens (tertiary/aromatic N) is 4. The molecule has 1 aliphatic carbocycles. The van der Waals surface area contributed by atoms with Gasteiger partial charge in [-0.25, -0.2) is 18.7 Å². The summed E-state index contributed by atoms with van der Waals surface area (Å²) in [7, 11) is 4.71. The minimum absolute atomic E-state index is 0.168. The van der Waals surface area contributed by atoms with Gasteiger partial charge in [-0.3, -0.25) is 4.79 Å². The average molecular weight is 475 g/mol. The molecule has 1 saturated carbocycles. The molecule has 1 aromatic carbocycles. The largest absolute Gasteiger partial charge is 0.494 e. The fourth-order valence-electron chi connectivity index (χ4n) is 4.76. The van der Waals surface area contributed by atoms with Crippen LogP contribution in [0.5, 0.6) is 11.5 Å². The standard InChI is InChI=1S/C25H32F2N4O3/c1-30(2)24(32)13-21-22(26)11-18(12-23(21)27)34-9-6-17-10-20(17)16-4-7-31(8-5-16)25-28-14-19(33-3)15-29-25/h11-12,14-17,20H,4-10,13H2,1-3H3. The van der Waals surface area contributed by atoms with Gasteiger partial charge in [0.05, 0.1) is 32.5 Å². The molecule has 1 aromatic heterocycles. The van der Waals surface area contributed by atoms with Crippen LogP contribution >= 0.6 is 0 Å². The highest BCUT2D eigenvalue weighted by atomic mass is 19.1. The highest BCUT2D eigenvalue weighted by molar-refractivity contribution is 5.78. The summed E-state index contributed by atoms with van der Waals surface area (Å²) in [5.74, 6) is 1.69. The molecule has 2 heterocycles. The molecular weight excluding hydrogens is 442 g/mol. The molecule has 1 amide bonds. The molecule has 1 saturated heterocycles. The highest BCUT2D eigenvalue weighted by Gasteiger charge is 2.43. The van der Waals surface area contributed by atoms with Crippen LogP contribution in [0.4, 0.5) is 14.7 Å². The lowest BCUT2D eigenvalue weighted by Gasteiger charge is -2.32. The van der Waals surface area contributed by atoms with Crippen molar-refractivity contribution in [1.82, 2.24) is 14.9 Å². The number of carbonyl (C=O) groups excluding carboxylic acids is 1. The van der Waals surface area contributed by atoms with Crippen LogP contribution < -0.4 is 14.4 Å². The van der Waals surface area contributed by atoms with Crippen LogP contribution in [-0.4, -0.2) is 61.7 Å². The van der Waals surface area contributed by atoms with Crippen LogP contribution in [0.25, 0.3) is 0 Å². The van der Waals surface area contributed by atoms with Crippen molar-refractivity contribution in [3.63, 3.8) is 0 Å². The Labute approximate surface area is 199 Å². The number of likely N-dealkylation sites (N-methyl/N-ethyl adjacent to an activating group) is 1. The van der Waals surface area contributed by atoms with Crippen molar-refractivity contribution in [2.45, 2.75) is 32.1 Å². The number of rotatable bonds is 9. The third-order valence-corrected chi connectivity index (χ3v) is 6.95. The number of benzene rings is 1. The average Bonchev–Trinajstić information content (AvgIpc) is 3.61. The Hall–Kier alpha value is -2.97. The summed E-state index contributed by atoms with van der Waals surface area (Å²) in [6.07, 6.45) is 7.36. The maximum atomic E-state index is 14.3. The molecule has 2 atom stereocenters. The normalized spacial score (nSPS) is 20.2. The number of carbonyl (C=O) groups is 1. The van der Waals surface area contributed by atoms with Crippen molar-refractivity contribution >= 4 is 11.9 Å². The van der Waals surface area contributed by atoms with Gasteiger partial charge in [-0.05, 0) is 43.4 Å². The Morgan fingerprint density at radius 3 is 2.35 bits per heavy atom. The van der Waals surface area contributed by atoms with E-state index in [1.54, 1.807) is 33.6 Å². The monoisotopic (exact) mass is 474 g/mol. The maximum Gasteiger partial charge on any atom is 0.226 e. The van der Waals surface area contributed by atoms with Crippen molar-refractivity contribution < 1.29 is 23.0 Å². The first-order chi connectivity index (χ1) is 16.4. The molecule has 4 rings (SSSR count). The Bertz CT molecular complexity index is 971. The second kappa shape index (κ2) is 10.5. The molecule has 34 heavy (non-hydrogen) atoms. The van der Waals surface area contributed by atoms with Crippen molar-refractivity contribution in [2.75, 3.05) is 45.8 Å². The van der Waals surface area contributed by atoms with E-state index in [2.05, 4.69) is 14.9 Å². The third kappa shape index (κ3) is 5.74. The first-order valence-corrected chi connectivity index (χ1v) is 11.8. The van der Waals surface area contributed by atoms with Crippen LogP contribution in [0.3, 0.4) is 0 Å². The number of amides is 1. The van der Waals surface area contributed by atoms with Crippen LogP contribution in [-0.2, 0) is 11.2 Å². The van der Waals surface area contributed by atoms with E-state index in [9.17, 15) is 13.6 Å². The van der Waals surface area contributed by atoms with E-state index in [-0.39, 0.29) is 23.6 Å². The lowest BCUT2D eigenvalue weighted by molar-refractivity contribution is -0.128. The highest BCUT2D eigenvalue weighted by Crippen LogP contribution is 2.49. The molecule has 0 radical (unpaired) electrons. The summed E-state index contributed by atoms with van der Waals surface area (Å²) in [5, 5.41) is 0. The minimum atomic E-state index is -0.748. The van der Waals surface area contributed by atoms with Gasteiger partial charge < -0.3 is 19.3 Å². The van der Waals surface area contributed by atoms with Gasteiger partial charge in [-0.2, -0.15) is 0 Å². The SMILES string of the molecule is COc1cnc(N2CCC(C3CC3CCOc3cc(F)c(CC(=O)N(C)C)c(F)c3)CC2)nc1. The van der Waals surface area contributed by atoms with E-state index in [1.807, 2.05) is 0 Å². The van der Waals surface area contributed by atoms with Gasteiger partial charge in [0.15, 0.2) is 5.75 Å². The summed E-state index contributed by atoms with van der Waals surface area (Å²) in [6, 6.07) is 2.34. The molecule has 184 valence electrons. The van der Waals surface area contributed by atoms with E-state index < -0.39 is 11.6 Å². The van der Waals surface area contributed by atoms with E-state index in [0.717, 1.165) is 38.3 Å². The fraction of sp³-hybridized carbons (Fsp3) is 0.560. The van der Waals surface area contributed by atoms with Crippen molar-refractivity contribution in [2.24, 2.45) is 17.8 Å². The minimum Gasteiger partial charge on any atom is -0.494 e. The molecule has 2 unspecified atom stereocenters. The molecule has 0 bridgehead atoms. The van der Waals surface area contributed by atoms with Gasteiger partial charge in [0, 0.05) is 44.9 Å². The Morgan fingerprint density at radius 1 is 1.12 bits per heavy atom. The Morgan fingerprint density at radius 2 is 1.76 bits per heavy atom. The summed E-state index contributed by atoms with van der Waals surface area (Å²) in [6.45, 7) is 2.31. The van der Waals surface area contributed by atoms with Crippen LogP contribution in [0.15, 0.2) is 24.5 Å². The third-order valence-electron chi connectivity index (χ3n) is 6.95. The fourth-order valence-corrected chi connectivity index (χ4v) is 4.76. The van der Waals surface area contributed by atoms with Crippen LogP contribution in [0.1, 0.15) is 31.2 Å². The maximum absolute atomic E-state index is 14.3. The topological polar surface area (TPSA) is 67.8 Å². The lowest BCUT2D eigenvalue weighted by Crippen LogP contribution is -2.35. The summed E-state index contributed by atoms with van der Waals surface area (Å²) in [5.41, 5.74) is -0.223. The predicted molar refractivity (Wildman–Crippen MR) is 124 cm³/mol. The predicted octanol–water partition coefficient (Wildman–Crippen LogP) is 3.72. The van der Waals surface area contributed by atoms with Crippen molar-refractivity contribution in [3.8, 4) is 11.5 Å². The number of methoxy groups -OCH3 is 1. The second-order valence-electron chi connectivity index (χ2n) is 9.37. The number of piperidine rings is 1. The van der Waals surface area contributed by atoms with E-state index >= 15 is 0 Å². The molecule has 2 fully saturated rings. The molecule has 2 aliphatic rings. The van der Waals surface area contributed by atoms with Gasteiger partial charge in [-0.15, -0.1) is 0 Å². The number of anilines is 1. The zero-order valence-corrected chi connectivity index (χ0v) is 20.0. The summed E-state index contributed by atoms with van der Waals surface area (Å²) >= 11 is 0. The Kier molecular flexibility index (Phi) is 7.48. The van der Waals surface area contributed by atoms with Gasteiger partial charge >= 0.3 is 0 Å². The van der Waals surface area contributed by atoms with E-state index in [0.29, 0.717) is 30.1 Å². The van der Waals surface area contributed by atoms with E-state index in [4.69, 9.17) is 9.47 Å². The number of halogens is 2. The molecule has 2 aromatic rings. The van der Waals surface area contributed by atoms with Gasteiger partial charge in [0.1, 0.15) is 17.4 Å². The van der Waals surface area contributed by atoms with Gasteiger partial charge in [-0.1, -0.05) is 0 Å². The summed E-state index contributed by atoms with van der Waals surface area (Å²) < 4.78 is 39.4. The molecule has 7 nitrogen and oxygen atoms in total. The second-order valence-corrected chi connectivity index (χ2v) is 9.37. The molecule has 9 heteroatoms. The first-order valence-electron chi connectivity index (χ1n) is 11.8. The number of aromatic nitrogens is 2. The van der Waals surface area contributed by atoms with Crippen molar-refractivity contribution in [3.05, 3.63) is 41.7 Å². The van der Waals surface area contributed by atoms with Crippen molar-refractivity contribution in [1.29, 1.82) is 0 Å². The van der Waals surface area contributed by atoms with Gasteiger partial charge in [0.2, 0.25) is 11.9 Å². The number of ether oxygens (including phenoxy) is 2. The van der Waals surface area contributed by atoms with E-state index in [1.165, 1.54) is 23.5 Å². The molecule has 1 aliphatic heterocycles. The smallest absolute Gasteiger partial charge is 0.226 e. The molecular formula is C25H32F2N4O3.